The first-order valence-corrected chi connectivity index (χ1v) is 11.7. The van der Waals surface area contributed by atoms with E-state index in [1.54, 1.807) is 12.3 Å². The summed E-state index contributed by atoms with van der Waals surface area (Å²) >= 11 is 2.86. The van der Waals surface area contributed by atoms with Crippen LogP contribution in [-0.2, 0) is 38.3 Å². The van der Waals surface area contributed by atoms with E-state index < -0.39 is 23.9 Å². The van der Waals surface area contributed by atoms with Gasteiger partial charge in [0.2, 0.25) is 0 Å². The van der Waals surface area contributed by atoms with Gasteiger partial charge in [-0.3, -0.25) is 9.59 Å². The zero-order valence-electron chi connectivity index (χ0n) is 17.6. The maximum Gasteiger partial charge on any atom is 0.341 e. The number of hydrogen-bond acceptors (Lipinski definition) is 8. The molecule has 0 aromatic carbocycles. The molecule has 1 aliphatic carbocycles. The number of nitrogens with zero attached hydrogens (tertiary/aromatic N) is 1. The molecule has 162 valence electrons. The van der Waals surface area contributed by atoms with Crippen LogP contribution in [-0.4, -0.2) is 35.5 Å². The van der Waals surface area contributed by atoms with Crippen LogP contribution in [0.2, 0.25) is 0 Å². The van der Waals surface area contributed by atoms with E-state index >= 15 is 0 Å². The number of carbonyl (C=O) groups excluding carboxylic acids is 3. The second-order valence-corrected chi connectivity index (χ2v) is 9.60. The lowest BCUT2D eigenvalue weighted by Crippen LogP contribution is -2.30. The molecule has 3 rings (SSSR count). The van der Waals surface area contributed by atoms with Crippen LogP contribution >= 0.6 is 22.7 Å². The quantitative estimate of drug-likeness (QED) is 0.643. The van der Waals surface area contributed by atoms with Gasteiger partial charge in [-0.2, -0.15) is 0 Å². The Hall–Kier alpha value is -2.26. The number of carbonyl (C=O) groups is 3. The van der Waals surface area contributed by atoms with E-state index in [0.717, 1.165) is 34.7 Å². The molecule has 1 N–H and O–H groups in total. The molecule has 0 aliphatic heterocycles. The van der Waals surface area contributed by atoms with E-state index in [2.05, 4.69) is 17.2 Å². The molecule has 0 bridgehead atoms. The first-order chi connectivity index (χ1) is 14.3. The Bertz CT molecular complexity index is 949. The van der Waals surface area contributed by atoms with Gasteiger partial charge >= 0.3 is 11.9 Å². The second kappa shape index (κ2) is 9.70. The molecule has 0 spiro atoms. The molecule has 0 unspecified atom stereocenters. The standard InChI is InChI=1S/C21H26N2O5S2/c1-5-27-21(26)18-15-7-6-11(2)8-16(15)30-20(18)23-19(25)12(3)28-17(24)9-14-10-29-13(4)22-14/h10-12H,5-9H2,1-4H3,(H,23,25)/t11-,12-/m0/s1. The molecule has 0 radical (unpaired) electrons. The molecule has 1 amide bonds. The van der Waals surface area contributed by atoms with E-state index in [9.17, 15) is 14.4 Å². The number of fused-ring (bicyclic) bond motifs is 1. The molecule has 0 fully saturated rings. The largest absolute Gasteiger partial charge is 0.462 e. The zero-order valence-corrected chi connectivity index (χ0v) is 19.2. The van der Waals surface area contributed by atoms with Crippen LogP contribution in [0.5, 0.6) is 0 Å². The Labute approximate surface area is 183 Å². The predicted octanol–water partition coefficient (Wildman–Crippen LogP) is 3.93. The first-order valence-electron chi connectivity index (χ1n) is 10.0. The Morgan fingerprint density at radius 3 is 2.80 bits per heavy atom. The van der Waals surface area contributed by atoms with Crippen LogP contribution in [0.25, 0.3) is 0 Å². The van der Waals surface area contributed by atoms with Gasteiger partial charge in [0, 0.05) is 10.3 Å². The van der Waals surface area contributed by atoms with Crippen molar-refractivity contribution in [1.82, 2.24) is 4.98 Å². The fraction of sp³-hybridized carbons (Fsp3) is 0.524. The Balaban J connectivity index is 1.70. The van der Waals surface area contributed by atoms with Crippen LogP contribution < -0.4 is 5.32 Å². The van der Waals surface area contributed by atoms with Crippen LogP contribution in [0.15, 0.2) is 5.38 Å². The number of aromatic nitrogens is 1. The molecule has 1 aliphatic rings. The molecule has 2 aromatic heterocycles. The number of hydrogen-bond donors (Lipinski definition) is 1. The van der Waals surface area contributed by atoms with Gasteiger partial charge in [0.1, 0.15) is 5.00 Å². The Kier molecular flexibility index (Phi) is 7.25. The summed E-state index contributed by atoms with van der Waals surface area (Å²) in [6.07, 6.45) is 1.67. The van der Waals surface area contributed by atoms with Crippen LogP contribution in [0, 0.1) is 12.8 Å². The zero-order chi connectivity index (χ0) is 21.8. The lowest BCUT2D eigenvalue weighted by Gasteiger charge is -2.18. The molecule has 0 saturated heterocycles. The summed E-state index contributed by atoms with van der Waals surface area (Å²) < 4.78 is 10.5. The molecule has 9 heteroatoms. The van der Waals surface area contributed by atoms with Gasteiger partial charge in [-0.05, 0) is 51.5 Å². The van der Waals surface area contributed by atoms with Gasteiger partial charge in [0.25, 0.3) is 5.91 Å². The highest BCUT2D eigenvalue weighted by molar-refractivity contribution is 7.17. The number of ether oxygens (including phenoxy) is 2. The highest BCUT2D eigenvalue weighted by Gasteiger charge is 2.30. The minimum atomic E-state index is -0.995. The van der Waals surface area contributed by atoms with Gasteiger partial charge in [-0.15, -0.1) is 22.7 Å². The highest BCUT2D eigenvalue weighted by atomic mass is 32.1. The summed E-state index contributed by atoms with van der Waals surface area (Å²) in [5.41, 5.74) is 2.03. The number of thiophene rings is 1. The van der Waals surface area contributed by atoms with Gasteiger partial charge in [0.15, 0.2) is 6.10 Å². The van der Waals surface area contributed by atoms with Crippen molar-refractivity contribution in [2.24, 2.45) is 5.92 Å². The van der Waals surface area contributed by atoms with Crippen molar-refractivity contribution < 1.29 is 23.9 Å². The minimum absolute atomic E-state index is 0.0151. The third kappa shape index (κ3) is 5.26. The Morgan fingerprint density at radius 2 is 2.13 bits per heavy atom. The lowest BCUT2D eigenvalue weighted by molar-refractivity contribution is -0.152. The molecule has 2 atom stereocenters. The summed E-state index contributed by atoms with van der Waals surface area (Å²) in [6, 6.07) is 0. The molecule has 2 heterocycles. The van der Waals surface area contributed by atoms with Crippen LogP contribution in [0.1, 0.15) is 58.7 Å². The summed E-state index contributed by atoms with van der Waals surface area (Å²) in [5.74, 6) is -0.893. The number of nitrogens with one attached hydrogen (secondary N) is 1. The molecule has 7 nitrogen and oxygen atoms in total. The molecular weight excluding hydrogens is 424 g/mol. The van der Waals surface area contributed by atoms with Crippen molar-refractivity contribution in [3.63, 3.8) is 0 Å². The van der Waals surface area contributed by atoms with Crippen molar-refractivity contribution in [1.29, 1.82) is 0 Å². The average Bonchev–Trinajstić information content (AvgIpc) is 3.23. The van der Waals surface area contributed by atoms with Crippen molar-refractivity contribution in [3.8, 4) is 0 Å². The summed E-state index contributed by atoms with van der Waals surface area (Å²) in [6.45, 7) is 7.56. The fourth-order valence-electron chi connectivity index (χ4n) is 3.40. The summed E-state index contributed by atoms with van der Waals surface area (Å²) in [4.78, 5) is 42.7. The summed E-state index contributed by atoms with van der Waals surface area (Å²) in [7, 11) is 0. The van der Waals surface area contributed by atoms with E-state index in [1.807, 2.05) is 6.92 Å². The minimum Gasteiger partial charge on any atom is -0.462 e. The SMILES string of the molecule is CCOC(=O)c1c(NC(=O)[C@H](C)OC(=O)Cc2csc(C)n2)sc2c1CC[C@H](C)C2. The van der Waals surface area contributed by atoms with E-state index in [4.69, 9.17) is 9.47 Å². The monoisotopic (exact) mass is 450 g/mol. The third-order valence-corrected chi connectivity index (χ3v) is 6.89. The van der Waals surface area contributed by atoms with Crippen molar-refractivity contribution in [3.05, 3.63) is 32.1 Å². The molecular formula is C21H26N2O5S2. The van der Waals surface area contributed by atoms with E-state index in [-0.39, 0.29) is 13.0 Å². The van der Waals surface area contributed by atoms with Gasteiger partial charge in [0.05, 0.1) is 29.3 Å². The molecule has 30 heavy (non-hydrogen) atoms. The smallest absolute Gasteiger partial charge is 0.341 e. The van der Waals surface area contributed by atoms with Crippen LogP contribution in [0.4, 0.5) is 5.00 Å². The number of esters is 2. The first kappa shape index (κ1) is 22.4. The number of aryl methyl sites for hydroxylation is 1. The number of thiazole rings is 1. The van der Waals surface area contributed by atoms with Crippen molar-refractivity contribution in [2.45, 2.75) is 59.5 Å². The Morgan fingerprint density at radius 1 is 1.37 bits per heavy atom. The number of rotatable bonds is 7. The molecule has 2 aromatic rings. The third-order valence-electron chi connectivity index (χ3n) is 4.90. The van der Waals surface area contributed by atoms with Gasteiger partial charge in [-0.1, -0.05) is 6.92 Å². The van der Waals surface area contributed by atoms with Crippen molar-refractivity contribution >= 4 is 45.5 Å². The second-order valence-electron chi connectivity index (χ2n) is 7.43. The van der Waals surface area contributed by atoms with E-state index in [0.29, 0.717) is 22.2 Å². The highest BCUT2D eigenvalue weighted by Crippen LogP contribution is 2.40. The van der Waals surface area contributed by atoms with Gasteiger partial charge < -0.3 is 14.8 Å². The average molecular weight is 451 g/mol. The van der Waals surface area contributed by atoms with Crippen LogP contribution in [0.3, 0.4) is 0 Å². The summed E-state index contributed by atoms with van der Waals surface area (Å²) in [5, 5.41) is 5.91. The fourth-order valence-corrected chi connectivity index (χ4v) is 5.42. The molecule has 0 saturated carbocycles. The maximum atomic E-state index is 12.7. The maximum absolute atomic E-state index is 12.7. The number of anilines is 1. The van der Waals surface area contributed by atoms with Gasteiger partial charge in [-0.25, -0.2) is 9.78 Å². The lowest BCUT2D eigenvalue weighted by atomic mass is 9.88. The normalized spacial score (nSPS) is 16.5. The predicted molar refractivity (Wildman–Crippen MR) is 116 cm³/mol. The number of amides is 1. The topological polar surface area (TPSA) is 94.6 Å². The van der Waals surface area contributed by atoms with Crippen molar-refractivity contribution in [2.75, 3.05) is 11.9 Å². The van der Waals surface area contributed by atoms with E-state index in [1.165, 1.54) is 29.6 Å².